The zero-order chi connectivity index (χ0) is 27.0. The number of carbonyl (C=O) groups excluding carboxylic acids is 1. The summed E-state index contributed by atoms with van der Waals surface area (Å²) in [6, 6.07) is 28.3. The van der Waals surface area contributed by atoms with Crippen LogP contribution in [-0.2, 0) is 22.6 Å². The van der Waals surface area contributed by atoms with Crippen LogP contribution in [0.25, 0.3) is 22.4 Å². The standard InChI is InChI=1S/C32H33N3O4/c1-37-29-13-5-23(6-14-29)21-33-31-20-28(32(36)38-2)19-30(34-31)27-11-9-26(10-12-27)25-7-3-24(4-8-25)22-35-15-17-39-18-16-35/h3-14,19-20H,15-18,21-22H2,1-2H3,(H,33,34). The molecule has 200 valence electrons. The number of nitrogens with one attached hydrogen (secondary N) is 1. The van der Waals surface area contributed by atoms with Gasteiger partial charge in [-0.05, 0) is 46.5 Å². The first kappa shape index (κ1) is 26.4. The Balaban J connectivity index is 1.31. The molecule has 3 aromatic carbocycles. The van der Waals surface area contributed by atoms with Crippen LogP contribution in [0.3, 0.4) is 0 Å². The molecule has 0 radical (unpaired) electrons. The lowest BCUT2D eigenvalue weighted by atomic mass is 10.0. The van der Waals surface area contributed by atoms with Crippen molar-refractivity contribution in [1.29, 1.82) is 0 Å². The summed E-state index contributed by atoms with van der Waals surface area (Å²) in [4.78, 5) is 19.6. The van der Waals surface area contributed by atoms with Gasteiger partial charge < -0.3 is 19.5 Å². The summed E-state index contributed by atoms with van der Waals surface area (Å²) < 4.78 is 15.7. The monoisotopic (exact) mass is 523 g/mol. The average molecular weight is 524 g/mol. The second-order valence-electron chi connectivity index (χ2n) is 9.48. The molecule has 0 bridgehead atoms. The molecule has 0 atom stereocenters. The number of ether oxygens (including phenoxy) is 3. The number of methoxy groups -OCH3 is 2. The SMILES string of the molecule is COC(=O)c1cc(NCc2ccc(OC)cc2)nc(-c2ccc(-c3ccc(CN4CCOCC4)cc3)cc2)c1. The summed E-state index contributed by atoms with van der Waals surface area (Å²) in [6.45, 7) is 5.07. The first-order valence-corrected chi connectivity index (χ1v) is 13.1. The molecule has 1 aliphatic rings. The number of anilines is 1. The van der Waals surface area contributed by atoms with Crippen molar-refractivity contribution in [3.05, 3.63) is 102 Å². The van der Waals surface area contributed by atoms with Gasteiger partial charge in [0.15, 0.2) is 0 Å². The molecule has 1 fully saturated rings. The smallest absolute Gasteiger partial charge is 0.338 e. The Hall–Kier alpha value is -4.20. The van der Waals surface area contributed by atoms with E-state index in [0.29, 0.717) is 23.6 Å². The van der Waals surface area contributed by atoms with Gasteiger partial charge >= 0.3 is 5.97 Å². The van der Waals surface area contributed by atoms with Crippen molar-refractivity contribution in [3.8, 4) is 28.1 Å². The van der Waals surface area contributed by atoms with Crippen LogP contribution in [0.15, 0.2) is 84.9 Å². The second-order valence-corrected chi connectivity index (χ2v) is 9.48. The van der Waals surface area contributed by atoms with Crippen molar-refractivity contribution >= 4 is 11.8 Å². The highest BCUT2D eigenvalue weighted by Crippen LogP contribution is 2.27. The minimum Gasteiger partial charge on any atom is -0.497 e. The fourth-order valence-corrected chi connectivity index (χ4v) is 4.59. The van der Waals surface area contributed by atoms with Crippen LogP contribution in [-0.4, -0.2) is 56.4 Å². The molecule has 0 spiro atoms. The van der Waals surface area contributed by atoms with E-state index in [-0.39, 0.29) is 0 Å². The maximum atomic E-state index is 12.4. The molecule has 1 N–H and O–H groups in total. The minimum absolute atomic E-state index is 0.403. The number of aromatic nitrogens is 1. The van der Waals surface area contributed by atoms with Gasteiger partial charge in [0.2, 0.25) is 0 Å². The summed E-state index contributed by atoms with van der Waals surface area (Å²) in [5.41, 5.74) is 6.71. The highest BCUT2D eigenvalue weighted by atomic mass is 16.5. The maximum absolute atomic E-state index is 12.4. The van der Waals surface area contributed by atoms with Crippen LogP contribution in [0, 0.1) is 0 Å². The van der Waals surface area contributed by atoms with Crippen LogP contribution in [0.5, 0.6) is 5.75 Å². The van der Waals surface area contributed by atoms with E-state index in [4.69, 9.17) is 19.2 Å². The summed E-state index contributed by atoms with van der Waals surface area (Å²) in [7, 11) is 3.03. The predicted molar refractivity (Wildman–Crippen MR) is 153 cm³/mol. The number of carbonyl (C=O) groups is 1. The Morgan fingerprint density at radius 1 is 0.846 bits per heavy atom. The fraction of sp³-hybridized carbons (Fsp3) is 0.250. The topological polar surface area (TPSA) is 72.9 Å². The van der Waals surface area contributed by atoms with E-state index in [0.717, 1.165) is 60.9 Å². The number of benzene rings is 3. The molecule has 0 unspecified atom stereocenters. The van der Waals surface area contributed by atoms with E-state index in [2.05, 4.69) is 46.6 Å². The van der Waals surface area contributed by atoms with Gasteiger partial charge in [0, 0.05) is 31.7 Å². The molecule has 39 heavy (non-hydrogen) atoms. The molecule has 0 saturated carbocycles. The minimum atomic E-state index is -0.403. The van der Waals surface area contributed by atoms with Gasteiger partial charge in [0.25, 0.3) is 0 Å². The lowest BCUT2D eigenvalue weighted by molar-refractivity contribution is 0.0342. The molecule has 4 aromatic rings. The van der Waals surface area contributed by atoms with Crippen LogP contribution >= 0.6 is 0 Å². The van der Waals surface area contributed by atoms with Crippen LogP contribution in [0.1, 0.15) is 21.5 Å². The fourth-order valence-electron chi connectivity index (χ4n) is 4.59. The molecule has 7 heteroatoms. The molecular weight excluding hydrogens is 490 g/mol. The Bertz CT molecular complexity index is 1380. The number of nitrogens with zero attached hydrogens (tertiary/aromatic N) is 2. The molecule has 5 rings (SSSR count). The number of hydrogen-bond acceptors (Lipinski definition) is 7. The average Bonchev–Trinajstić information content (AvgIpc) is 3.00. The summed E-state index contributed by atoms with van der Waals surface area (Å²) in [5, 5.41) is 3.33. The Morgan fingerprint density at radius 2 is 1.46 bits per heavy atom. The van der Waals surface area contributed by atoms with Crippen molar-refractivity contribution in [1.82, 2.24) is 9.88 Å². The molecule has 0 aliphatic carbocycles. The second kappa shape index (κ2) is 12.6. The number of esters is 1. The molecular formula is C32H33N3O4. The quantitative estimate of drug-likeness (QED) is 0.284. The lowest BCUT2D eigenvalue weighted by Gasteiger charge is -2.26. The number of morpholine rings is 1. The largest absolute Gasteiger partial charge is 0.497 e. The first-order chi connectivity index (χ1) is 19.1. The molecule has 1 aliphatic heterocycles. The predicted octanol–water partition coefficient (Wildman–Crippen LogP) is 5.66. The lowest BCUT2D eigenvalue weighted by Crippen LogP contribution is -2.35. The molecule has 0 amide bonds. The maximum Gasteiger partial charge on any atom is 0.338 e. The van der Waals surface area contributed by atoms with E-state index in [1.807, 2.05) is 36.4 Å². The van der Waals surface area contributed by atoms with Gasteiger partial charge in [0.05, 0.1) is 38.7 Å². The van der Waals surface area contributed by atoms with Crippen LogP contribution in [0.4, 0.5) is 5.82 Å². The highest BCUT2D eigenvalue weighted by molar-refractivity contribution is 5.91. The summed E-state index contributed by atoms with van der Waals surface area (Å²) in [6.07, 6.45) is 0. The van der Waals surface area contributed by atoms with E-state index in [1.54, 1.807) is 19.2 Å². The summed E-state index contributed by atoms with van der Waals surface area (Å²) >= 11 is 0. The van der Waals surface area contributed by atoms with Gasteiger partial charge in [-0.2, -0.15) is 0 Å². The highest BCUT2D eigenvalue weighted by Gasteiger charge is 2.13. The number of hydrogen-bond donors (Lipinski definition) is 1. The first-order valence-electron chi connectivity index (χ1n) is 13.1. The Labute approximate surface area is 229 Å². The third-order valence-corrected chi connectivity index (χ3v) is 6.86. The number of rotatable bonds is 9. The normalized spacial score (nSPS) is 13.6. The Morgan fingerprint density at radius 3 is 2.10 bits per heavy atom. The third kappa shape index (κ3) is 6.82. The van der Waals surface area contributed by atoms with E-state index < -0.39 is 5.97 Å². The van der Waals surface area contributed by atoms with Gasteiger partial charge in [0.1, 0.15) is 11.6 Å². The van der Waals surface area contributed by atoms with Crippen molar-refractivity contribution in [2.45, 2.75) is 13.1 Å². The third-order valence-electron chi connectivity index (χ3n) is 6.86. The molecule has 1 aromatic heterocycles. The molecule has 7 nitrogen and oxygen atoms in total. The van der Waals surface area contributed by atoms with E-state index in [9.17, 15) is 4.79 Å². The van der Waals surface area contributed by atoms with Crippen molar-refractivity contribution in [2.24, 2.45) is 0 Å². The molecule has 1 saturated heterocycles. The van der Waals surface area contributed by atoms with Crippen molar-refractivity contribution in [2.75, 3.05) is 45.8 Å². The van der Waals surface area contributed by atoms with Gasteiger partial charge in [-0.1, -0.05) is 60.7 Å². The van der Waals surface area contributed by atoms with Crippen molar-refractivity contribution < 1.29 is 19.0 Å². The zero-order valence-corrected chi connectivity index (χ0v) is 22.4. The van der Waals surface area contributed by atoms with Gasteiger partial charge in [-0.15, -0.1) is 0 Å². The van der Waals surface area contributed by atoms with E-state index >= 15 is 0 Å². The van der Waals surface area contributed by atoms with Crippen LogP contribution in [0.2, 0.25) is 0 Å². The Kier molecular flexibility index (Phi) is 8.51. The van der Waals surface area contributed by atoms with Crippen LogP contribution < -0.4 is 10.1 Å². The zero-order valence-electron chi connectivity index (χ0n) is 22.4. The van der Waals surface area contributed by atoms with E-state index in [1.165, 1.54) is 12.7 Å². The van der Waals surface area contributed by atoms with Crippen molar-refractivity contribution in [3.63, 3.8) is 0 Å². The number of pyridine rings is 1. The van der Waals surface area contributed by atoms with Gasteiger partial charge in [-0.25, -0.2) is 9.78 Å². The van der Waals surface area contributed by atoms with Gasteiger partial charge in [-0.3, -0.25) is 4.90 Å². The summed E-state index contributed by atoms with van der Waals surface area (Å²) in [5.74, 6) is 1.00. The molecule has 2 heterocycles.